The van der Waals surface area contributed by atoms with Crippen LogP contribution in [0, 0.1) is 0 Å². The van der Waals surface area contributed by atoms with E-state index in [9.17, 15) is 24.9 Å². The van der Waals surface area contributed by atoms with E-state index in [4.69, 9.17) is 0 Å². The second kappa shape index (κ2) is 35.6. The molecule has 0 saturated carbocycles. The molecule has 0 fully saturated rings. The highest BCUT2D eigenvalue weighted by Crippen LogP contribution is 2.17. The van der Waals surface area contributed by atoms with Crippen LogP contribution in [0.3, 0.4) is 0 Å². The van der Waals surface area contributed by atoms with Gasteiger partial charge in [0.2, 0.25) is 11.6 Å². The summed E-state index contributed by atoms with van der Waals surface area (Å²) in [5.41, 5.74) is 0. The van der Waals surface area contributed by atoms with Gasteiger partial charge in [0.05, 0.1) is 13.7 Å². The van der Waals surface area contributed by atoms with Crippen molar-refractivity contribution in [2.24, 2.45) is 0 Å². The molecule has 0 heterocycles. The van der Waals surface area contributed by atoms with E-state index in [-0.39, 0.29) is 42.3 Å². The Hall–Kier alpha value is -0.820. The monoisotopic (exact) mass is 697 g/mol. The van der Waals surface area contributed by atoms with E-state index in [1.165, 1.54) is 154 Å². The highest BCUT2D eigenvalue weighted by molar-refractivity contribution is 5.86. The zero-order valence-corrected chi connectivity index (χ0v) is 33.2. The van der Waals surface area contributed by atoms with Gasteiger partial charge in [-0.2, -0.15) is 0 Å². The van der Waals surface area contributed by atoms with Crippen LogP contribution in [-0.4, -0.2) is 76.9 Å². The largest absolute Gasteiger partial charge is 0.391 e. The summed E-state index contributed by atoms with van der Waals surface area (Å²) in [4.78, 5) is 25.7. The van der Waals surface area contributed by atoms with Crippen molar-refractivity contribution < 1.29 is 29.4 Å². The van der Waals surface area contributed by atoms with E-state index in [2.05, 4.69) is 13.8 Å². The van der Waals surface area contributed by atoms with E-state index >= 15 is 0 Å². The van der Waals surface area contributed by atoms with E-state index in [1.54, 1.807) is 7.05 Å². The van der Waals surface area contributed by atoms with Gasteiger partial charge in [0.1, 0.15) is 31.8 Å². The molecule has 0 aliphatic rings. The fourth-order valence-electron chi connectivity index (χ4n) is 7.16. The predicted molar refractivity (Wildman–Crippen MR) is 209 cm³/mol. The van der Waals surface area contributed by atoms with Crippen molar-refractivity contribution in [3.63, 3.8) is 0 Å². The fraction of sp³-hybridized carbons (Fsp3) is 0.953. The molecule has 0 rings (SSSR count). The lowest BCUT2D eigenvalue weighted by molar-refractivity contribution is -0.894. The van der Waals surface area contributed by atoms with Crippen molar-refractivity contribution in [3.8, 4) is 0 Å². The Morgan fingerprint density at radius 1 is 0.429 bits per heavy atom. The van der Waals surface area contributed by atoms with Gasteiger partial charge in [-0.15, -0.1) is 0 Å². The Bertz CT molecular complexity index is 675. The Morgan fingerprint density at radius 3 is 0.878 bits per heavy atom. The van der Waals surface area contributed by atoms with Crippen LogP contribution >= 0.6 is 0 Å². The van der Waals surface area contributed by atoms with Crippen molar-refractivity contribution in [3.05, 3.63) is 0 Å². The zero-order valence-electron chi connectivity index (χ0n) is 33.2. The van der Waals surface area contributed by atoms with Crippen LogP contribution < -0.4 is 0 Å². The average Bonchev–Trinajstić information content (AvgIpc) is 3.07. The molecular weight excluding hydrogens is 610 g/mol. The number of ketones is 2. The van der Waals surface area contributed by atoms with Crippen LogP contribution in [0.2, 0.25) is 0 Å². The number of carbonyl (C=O) groups is 2. The minimum absolute atomic E-state index is 0.00210. The summed E-state index contributed by atoms with van der Waals surface area (Å²) < 4.78 is 0.0278. The predicted octanol–water partition coefficient (Wildman–Crippen LogP) is 10.8. The standard InChI is InChI=1S/C43H86NO5/c1-4-6-8-10-12-14-16-18-20-22-24-26-28-30-32-34-40(46)42(48)38-44(3,36-37-45)39-43(49)41(47)35-33-31-29-27-25-23-21-19-17-15-13-11-9-7-5-2/h40-41,45-47H,4-39H2,1-3H3/q+1. The summed E-state index contributed by atoms with van der Waals surface area (Å²) in [5, 5.41) is 30.7. The molecule has 49 heavy (non-hydrogen) atoms. The van der Waals surface area contributed by atoms with Crippen molar-refractivity contribution in [2.75, 3.05) is 33.3 Å². The molecule has 0 aliphatic carbocycles. The third-order valence-corrected chi connectivity index (χ3v) is 10.6. The number of quaternary nitrogens is 1. The van der Waals surface area contributed by atoms with E-state index in [0.717, 1.165) is 38.5 Å². The van der Waals surface area contributed by atoms with Gasteiger partial charge in [0.25, 0.3) is 0 Å². The molecule has 0 spiro atoms. The first kappa shape index (κ1) is 48.2. The fourth-order valence-corrected chi connectivity index (χ4v) is 7.16. The van der Waals surface area contributed by atoms with E-state index in [1.807, 2.05) is 0 Å². The molecule has 0 saturated heterocycles. The van der Waals surface area contributed by atoms with Crippen molar-refractivity contribution in [1.82, 2.24) is 0 Å². The van der Waals surface area contributed by atoms with Gasteiger partial charge in [0, 0.05) is 0 Å². The number of aliphatic hydroxyl groups excluding tert-OH is 3. The molecule has 0 aromatic rings. The molecule has 0 aromatic heterocycles. The van der Waals surface area contributed by atoms with Gasteiger partial charge < -0.3 is 19.8 Å². The maximum Gasteiger partial charge on any atom is 0.215 e. The lowest BCUT2D eigenvalue weighted by Crippen LogP contribution is -2.55. The number of aliphatic hydroxyl groups is 3. The molecule has 2 atom stereocenters. The molecule has 6 heteroatoms. The van der Waals surface area contributed by atoms with Crippen LogP contribution in [-0.2, 0) is 9.59 Å². The number of nitrogens with zero attached hydrogens (tertiary/aromatic N) is 1. The highest BCUT2D eigenvalue weighted by atomic mass is 16.3. The summed E-state index contributed by atoms with van der Waals surface area (Å²) in [7, 11) is 1.77. The first-order chi connectivity index (χ1) is 23.8. The Kier molecular flexibility index (Phi) is 35.0. The zero-order chi connectivity index (χ0) is 36.3. The molecule has 3 N–H and O–H groups in total. The van der Waals surface area contributed by atoms with Gasteiger partial charge >= 0.3 is 0 Å². The SMILES string of the molecule is CCCCCCCCCCCCCCCCCC(O)C(=O)C[N+](C)(CCO)CC(=O)C(O)CCCCCCCCCCCCCCCCC. The molecule has 0 aliphatic heterocycles. The molecule has 0 radical (unpaired) electrons. The van der Waals surface area contributed by atoms with Gasteiger partial charge in [-0.25, -0.2) is 0 Å². The third-order valence-electron chi connectivity index (χ3n) is 10.6. The Balaban J connectivity index is 3.97. The van der Waals surface area contributed by atoms with Gasteiger partial charge in [-0.3, -0.25) is 9.59 Å². The number of rotatable bonds is 40. The second-order valence-corrected chi connectivity index (χ2v) is 15.8. The van der Waals surface area contributed by atoms with Crippen LogP contribution in [0.25, 0.3) is 0 Å². The Labute approximate surface area is 305 Å². The van der Waals surface area contributed by atoms with Gasteiger partial charge in [-0.1, -0.05) is 206 Å². The Morgan fingerprint density at radius 2 is 0.653 bits per heavy atom. The summed E-state index contributed by atoms with van der Waals surface area (Å²) >= 11 is 0. The molecule has 0 amide bonds. The normalized spacial score (nSPS) is 14.2. The highest BCUT2D eigenvalue weighted by Gasteiger charge is 2.32. The minimum atomic E-state index is -1.03. The number of Topliss-reactive ketones (excluding diaryl/α,β-unsaturated/α-hetero) is 2. The number of carbonyl (C=O) groups excluding carboxylic acids is 2. The van der Waals surface area contributed by atoms with Crippen molar-refractivity contribution >= 4 is 11.6 Å². The maximum atomic E-state index is 12.9. The number of unbranched alkanes of at least 4 members (excludes halogenated alkanes) is 28. The topological polar surface area (TPSA) is 94.8 Å². The quantitative estimate of drug-likeness (QED) is 0.0438. The van der Waals surface area contributed by atoms with Gasteiger partial charge in [0.15, 0.2) is 0 Å². The number of hydrogen-bond acceptors (Lipinski definition) is 5. The summed E-state index contributed by atoms with van der Waals surface area (Å²) in [6, 6.07) is 0. The smallest absolute Gasteiger partial charge is 0.215 e. The molecular formula is C43H86NO5+. The second-order valence-electron chi connectivity index (χ2n) is 15.8. The summed E-state index contributed by atoms with van der Waals surface area (Å²) in [5.74, 6) is -0.544. The lowest BCUT2D eigenvalue weighted by atomic mass is 10.0. The first-order valence-electron chi connectivity index (χ1n) is 21.7. The van der Waals surface area contributed by atoms with Crippen LogP contribution in [0.15, 0.2) is 0 Å². The third kappa shape index (κ3) is 31.6. The maximum absolute atomic E-state index is 12.9. The number of hydrogen-bond donors (Lipinski definition) is 3. The number of likely N-dealkylation sites (N-methyl/N-ethyl adjacent to an activating group) is 1. The molecule has 0 bridgehead atoms. The van der Waals surface area contributed by atoms with E-state index in [0.29, 0.717) is 12.8 Å². The first-order valence-corrected chi connectivity index (χ1v) is 21.7. The summed E-state index contributed by atoms with van der Waals surface area (Å²) in [6.07, 6.45) is 37.2. The molecule has 6 nitrogen and oxygen atoms in total. The van der Waals surface area contributed by atoms with E-state index < -0.39 is 12.2 Å². The summed E-state index contributed by atoms with van der Waals surface area (Å²) in [6.45, 7) is 4.62. The van der Waals surface area contributed by atoms with Crippen molar-refractivity contribution in [2.45, 2.75) is 232 Å². The van der Waals surface area contributed by atoms with Crippen LogP contribution in [0.1, 0.15) is 219 Å². The molecule has 292 valence electrons. The molecule has 2 unspecified atom stereocenters. The average molecular weight is 697 g/mol. The van der Waals surface area contributed by atoms with Crippen LogP contribution in [0.4, 0.5) is 0 Å². The minimum Gasteiger partial charge on any atom is -0.391 e. The van der Waals surface area contributed by atoms with Crippen molar-refractivity contribution in [1.29, 1.82) is 0 Å². The van der Waals surface area contributed by atoms with Gasteiger partial charge in [-0.05, 0) is 12.8 Å². The molecule has 0 aromatic carbocycles. The lowest BCUT2D eigenvalue weighted by Gasteiger charge is -2.33. The van der Waals surface area contributed by atoms with Crippen LogP contribution in [0.5, 0.6) is 0 Å².